The first kappa shape index (κ1) is 13.0. The molecule has 102 valence electrons. The van der Waals surface area contributed by atoms with Crippen LogP contribution in [-0.4, -0.2) is 21.4 Å². The molecule has 3 rings (SSSR count). The maximum atomic E-state index is 4.82. The Morgan fingerprint density at radius 1 is 1.37 bits per heavy atom. The number of aliphatic imine (C=N–C) groups is 1. The highest BCUT2D eigenvalue weighted by molar-refractivity contribution is 8.14. The van der Waals surface area contributed by atoms with Crippen molar-refractivity contribution in [3.05, 3.63) is 30.1 Å². The van der Waals surface area contributed by atoms with E-state index in [9.17, 15) is 0 Å². The van der Waals surface area contributed by atoms with Crippen molar-refractivity contribution in [1.29, 1.82) is 0 Å². The average molecular weight is 275 g/mol. The quantitative estimate of drug-likeness (QED) is 0.897. The largest absolute Gasteiger partial charge is 0.359 e. The minimum Gasteiger partial charge on any atom is -0.359 e. The van der Waals surface area contributed by atoms with E-state index in [1.54, 1.807) is 0 Å². The van der Waals surface area contributed by atoms with Crippen LogP contribution < -0.4 is 5.32 Å². The number of aromatic nitrogens is 1. The summed E-state index contributed by atoms with van der Waals surface area (Å²) in [4.78, 5) is 8.99. The molecule has 1 spiro atoms. The Balaban J connectivity index is 1.68. The summed E-state index contributed by atoms with van der Waals surface area (Å²) in [6.45, 7) is 2.14. The summed E-state index contributed by atoms with van der Waals surface area (Å²) in [5.41, 5.74) is 1.53. The summed E-state index contributed by atoms with van der Waals surface area (Å²) in [6, 6.07) is 4.25. The molecule has 4 heteroatoms. The summed E-state index contributed by atoms with van der Waals surface area (Å²) < 4.78 is 0. The second-order valence-electron chi connectivity index (χ2n) is 5.65. The zero-order chi connectivity index (χ0) is 13.1. The fourth-order valence-electron chi connectivity index (χ4n) is 2.95. The number of nitrogens with one attached hydrogen (secondary N) is 1. The van der Waals surface area contributed by atoms with Gasteiger partial charge in [-0.2, -0.15) is 0 Å². The second kappa shape index (κ2) is 5.53. The second-order valence-corrected chi connectivity index (χ2v) is 6.62. The number of hydrogen-bond acceptors (Lipinski definition) is 3. The predicted molar refractivity (Wildman–Crippen MR) is 81.5 cm³/mol. The first-order valence-corrected chi connectivity index (χ1v) is 8.15. The van der Waals surface area contributed by atoms with E-state index in [1.807, 2.05) is 30.2 Å². The van der Waals surface area contributed by atoms with Crippen LogP contribution in [0.15, 0.2) is 29.5 Å². The standard InChI is InChI=1S/C15H21N3S/c1-12(13-6-5-9-16-10-13)17-14-18-15(11-19-14)7-3-2-4-8-15/h5-6,9-10,12H,2-4,7-8,11H2,1H3,(H,17,18). The Hall–Kier alpha value is -1.03. The van der Waals surface area contributed by atoms with E-state index in [1.165, 1.54) is 43.4 Å². The minimum atomic E-state index is 0.183. The van der Waals surface area contributed by atoms with Gasteiger partial charge in [-0.3, -0.25) is 9.98 Å². The first-order chi connectivity index (χ1) is 9.27. The molecule has 1 saturated carbocycles. The van der Waals surface area contributed by atoms with E-state index in [0.29, 0.717) is 5.54 Å². The van der Waals surface area contributed by atoms with Crippen LogP contribution in [0.2, 0.25) is 0 Å². The van der Waals surface area contributed by atoms with Gasteiger partial charge in [0.15, 0.2) is 5.17 Å². The van der Waals surface area contributed by atoms with Gasteiger partial charge in [-0.15, -0.1) is 0 Å². The van der Waals surface area contributed by atoms with Crippen molar-refractivity contribution >= 4 is 16.9 Å². The molecule has 2 fully saturated rings. The molecule has 1 aliphatic heterocycles. The topological polar surface area (TPSA) is 37.3 Å². The molecule has 1 aliphatic carbocycles. The number of rotatable bonds is 2. The molecule has 1 unspecified atom stereocenters. The van der Waals surface area contributed by atoms with Gasteiger partial charge in [0.1, 0.15) is 0 Å². The van der Waals surface area contributed by atoms with Crippen molar-refractivity contribution in [1.82, 2.24) is 10.3 Å². The molecular weight excluding hydrogens is 254 g/mol. The number of amidine groups is 1. The zero-order valence-corrected chi connectivity index (χ0v) is 12.2. The predicted octanol–water partition coefficient (Wildman–Crippen LogP) is 3.54. The number of hydrogen-bond donors (Lipinski definition) is 1. The lowest BCUT2D eigenvalue weighted by molar-refractivity contribution is 0.303. The monoisotopic (exact) mass is 275 g/mol. The van der Waals surface area contributed by atoms with Gasteiger partial charge in [0, 0.05) is 23.7 Å². The first-order valence-electron chi connectivity index (χ1n) is 7.16. The van der Waals surface area contributed by atoms with Gasteiger partial charge in [0.25, 0.3) is 0 Å². The summed E-state index contributed by atoms with van der Waals surface area (Å²) >= 11 is 1.89. The van der Waals surface area contributed by atoms with Crippen LogP contribution in [0.4, 0.5) is 0 Å². The van der Waals surface area contributed by atoms with E-state index in [0.717, 1.165) is 5.17 Å². The van der Waals surface area contributed by atoms with Gasteiger partial charge in [-0.1, -0.05) is 37.1 Å². The molecule has 19 heavy (non-hydrogen) atoms. The molecule has 2 aliphatic rings. The fourth-order valence-corrected chi connectivity index (χ4v) is 4.24. The molecule has 0 bridgehead atoms. The average Bonchev–Trinajstić information content (AvgIpc) is 2.83. The van der Waals surface area contributed by atoms with Crippen molar-refractivity contribution < 1.29 is 0 Å². The van der Waals surface area contributed by atoms with Gasteiger partial charge in [0.2, 0.25) is 0 Å². The van der Waals surface area contributed by atoms with Gasteiger partial charge < -0.3 is 5.32 Å². The van der Waals surface area contributed by atoms with Gasteiger partial charge in [-0.05, 0) is 31.4 Å². The molecular formula is C15H21N3S. The van der Waals surface area contributed by atoms with Gasteiger partial charge >= 0.3 is 0 Å². The van der Waals surface area contributed by atoms with Crippen LogP contribution in [-0.2, 0) is 0 Å². The Bertz CT molecular complexity index is 452. The Kier molecular flexibility index (Phi) is 3.78. The van der Waals surface area contributed by atoms with Crippen LogP contribution >= 0.6 is 11.8 Å². The van der Waals surface area contributed by atoms with Gasteiger partial charge in [0.05, 0.1) is 6.04 Å². The molecule has 1 aromatic heterocycles. The molecule has 0 radical (unpaired) electrons. The van der Waals surface area contributed by atoms with E-state index >= 15 is 0 Å². The molecule has 0 amide bonds. The van der Waals surface area contributed by atoms with Crippen molar-refractivity contribution in [3.63, 3.8) is 0 Å². The third-order valence-electron chi connectivity index (χ3n) is 4.15. The third-order valence-corrected chi connectivity index (χ3v) is 5.32. The minimum absolute atomic E-state index is 0.183. The molecule has 1 saturated heterocycles. The molecule has 0 aromatic carbocycles. The lowest BCUT2D eigenvalue weighted by Crippen LogP contribution is -2.45. The maximum absolute atomic E-state index is 4.82. The normalized spacial score (nSPS) is 25.4. The van der Waals surface area contributed by atoms with E-state index in [4.69, 9.17) is 4.99 Å². The fraction of sp³-hybridized carbons (Fsp3) is 0.600. The van der Waals surface area contributed by atoms with Gasteiger partial charge in [-0.25, -0.2) is 0 Å². The van der Waals surface area contributed by atoms with Crippen molar-refractivity contribution in [2.24, 2.45) is 4.99 Å². The Morgan fingerprint density at radius 3 is 2.95 bits per heavy atom. The molecule has 1 aromatic rings. The lowest BCUT2D eigenvalue weighted by atomic mass is 9.83. The van der Waals surface area contributed by atoms with Crippen LogP contribution in [0.5, 0.6) is 0 Å². The molecule has 1 N–H and O–H groups in total. The summed E-state index contributed by atoms with van der Waals surface area (Å²) in [5.74, 6) is 1.19. The number of nitrogens with zero attached hydrogens (tertiary/aromatic N) is 2. The Labute approximate surface area is 119 Å². The molecule has 3 nitrogen and oxygen atoms in total. The molecule has 1 atom stereocenters. The van der Waals surface area contributed by atoms with E-state index in [2.05, 4.69) is 23.3 Å². The van der Waals surface area contributed by atoms with Crippen molar-refractivity contribution in [2.75, 3.05) is 5.75 Å². The number of pyridine rings is 1. The van der Waals surface area contributed by atoms with Crippen molar-refractivity contribution in [2.45, 2.75) is 50.6 Å². The van der Waals surface area contributed by atoms with Crippen LogP contribution in [0.1, 0.15) is 50.6 Å². The SMILES string of the molecule is CC(N=C1NC2(CCCCC2)CS1)c1cccnc1. The maximum Gasteiger partial charge on any atom is 0.157 e. The van der Waals surface area contributed by atoms with E-state index < -0.39 is 0 Å². The summed E-state index contributed by atoms with van der Waals surface area (Å²) in [7, 11) is 0. The number of thioether (sulfide) groups is 1. The molecule has 2 heterocycles. The Morgan fingerprint density at radius 2 is 2.21 bits per heavy atom. The smallest absolute Gasteiger partial charge is 0.157 e. The van der Waals surface area contributed by atoms with Crippen molar-refractivity contribution in [3.8, 4) is 0 Å². The lowest BCUT2D eigenvalue weighted by Gasteiger charge is -2.32. The summed E-state index contributed by atoms with van der Waals surface area (Å²) in [6.07, 6.45) is 10.4. The van der Waals surface area contributed by atoms with Crippen LogP contribution in [0.25, 0.3) is 0 Å². The van der Waals surface area contributed by atoms with Crippen LogP contribution in [0, 0.1) is 0 Å². The zero-order valence-electron chi connectivity index (χ0n) is 11.4. The highest BCUT2D eigenvalue weighted by Crippen LogP contribution is 2.36. The van der Waals surface area contributed by atoms with Crippen LogP contribution in [0.3, 0.4) is 0 Å². The summed E-state index contributed by atoms with van der Waals surface area (Å²) in [5, 5.41) is 4.82. The third kappa shape index (κ3) is 2.94. The van der Waals surface area contributed by atoms with E-state index in [-0.39, 0.29) is 6.04 Å². The highest BCUT2D eigenvalue weighted by Gasteiger charge is 2.38. The highest BCUT2D eigenvalue weighted by atomic mass is 32.2.